The van der Waals surface area contributed by atoms with Gasteiger partial charge < -0.3 is 23.9 Å². The number of anilines is 1. The van der Waals surface area contributed by atoms with Gasteiger partial charge in [0.2, 0.25) is 0 Å². The standard InChI is InChI=1S/C21H30N3O4PS/c1-4-20-19(7-5-6-16(2)27-3)21(18(14-22)15-23-20)24-11-8-17(9-12-24)10-13-28-29(25,26)30/h4,6-7,15,17H,5,8-13H2,1-3H3,(H2,25,26,30)/b16-6+,19-7?,20-4+. The molecule has 0 bridgehead atoms. The number of ether oxygens (including phenoxy) is 1. The van der Waals surface area contributed by atoms with Gasteiger partial charge in [-0.15, -0.1) is 0 Å². The van der Waals surface area contributed by atoms with Gasteiger partial charge in [0.15, 0.2) is 0 Å². The van der Waals surface area contributed by atoms with E-state index in [9.17, 15) is 15.0 Å². The van der Waals surface area contributed by atoms with Crippen LogP contribution in [0.3, 0.4) is 0 Å². The van der Waals surface area contributed by atoms with Crippen LogP contribution in [0, 0.1) is 17.2 Å². The lowest BCUT2D eigenvalue weighted by Gasteiger charge is -2.34. The molecule has 0 atom stereocenters. The first kappa shape index (κ1) is 24.5. The number of nitrogens with zero attached hydrogens (tertiary/aromatic N) is 3. The number of piperidine rings is 1. The average molecular weight is 452 g/mol. The number of hydrogen-bond donors (Lipinski definition) is 2. The molecule has 7 nitrogen and oxygen atoms in total. The molecule has 0 unspecified atom stereocenters. The van der Waals surface area contributed by atoms with Gasteiger partial charge in [0.05, 0.1) is 36.1 Å². The lowest BCUT2D eigenvalue weighted by molar-refractivity contribution is 0.221. The van der Waals surface area contributed by atoms with Crippen molar-refractivity contribution in [2.75, 3.05) is 31.7 Å². The summed E-state index contributed by atoms with van der Waals surface area (Å²) in [5.74, 6) is 1.27. The molecule has 2 rings (SSSR count). The molecule has 30 heavy (non-hydrogen) atoms. The minimum absolute atomic E-state index is 0.257. The van der Waals surface area contributed by atoms with Crippen molar-refractivity contribution in [2.24, 2.45) is 5.92 Å². The van der Waals surface area contributed by atoms with Crippen LogP contribution in [0.15, 0.2) is 18.0 Å². The fourth-order valence-corrected chi connectivity index (χ4v) is 4.16. The van der Waals surface area contributed by atoms with Gasteiger partial charge in [0, 0.05) is 24.5 Å². The summed E-state index contributed by atoms with van der Waals surface area (Å²) in [6.07, 6.45) is 11.0. The largest absolute Gasteiger partial charge is 0.502 e. The Morgan fingerprint density at radius 3 is 2.70 bits per heavy atom. The van der Waals surface area contributed by atoms with E-state index in [1.165, 1.54) is 0 Å². The van der Waals surface area contributed by atoms with E-state index in [4.69, 9.17) is 9.26 Å². The number of methoxy groups -OCH3 is 1. The smallest absolute Gasteiger partial charge is 0.321 e. The Morgan fingerprint density at radius 1 is 1.43 bits per heavy atom. The quantitative estimate of drug-likeness (QED) is 0.459. The molecule has 0 saturated carbocycles. The summed E-state index contributed by atoms with van der Waals surface area (Å²) in [5.41, 5.74) is 1.50. The molecule has 2 heterocycles. The number of hydrogen-bond acceptors (Lipinski definition) is 6. The van der Waals surface area contributed by atoms with E-state index < -0.39 is 6.72 Å². The number of nitriles is 1. The van der Waals surface area contributed by atoms with Gasteiger partial charge in [0.25, 0.3) is 0 Å². The molecule has 1 aromatic heterocycles. The Balaban J connectivity index is 2.24. The molecule has 0 radical (unpaired) electrons. The van der Waals surface area contributed by atoms with Crippen molar-refractivity contribution in [3.8, 4) is 6.07 Å². The molecule has 9 heteroatoms. The molecular weight excluding hydrogens is 421 g/mol. The highest BCUT2D eigenvalue weighted by molar-refractivity contribution is 8.06. The minimum Gasteiger partial charge on any atom is -0.502 e. The monoisotopic (exact) mass is 451 g/mol. The van der Waals surface area contributed by atoms with Crippen LogP contribution in [-0.4, -0.2) is 41.6 Å². The van der Waals surface area contributed by atoms with Crippen LogP contribution in [0.25, 0.3) is 12.2 Å². The second-order valence-corrected chi connectivity index (χ2v) is 9.89. The molecule has 1 aliphatic heterocycles. The van der Waals surface area contributed by atoms with Crippen molar-refractivity contribution in [3.05, 3.63) is 34.2 Å². The molecule has 1 saturated heterocycles. The molecule has 0 spiro atoms. The highest BCUT2D eigenvalue weighted by Crippen LogP contribution is 2.37. The summed E-state index contributed by atoms with van der Waals surface area (Å²) in [6.45, 7) is 2.15. The van der Waals surface area contributed by atoms with Gasteiger partial charge >= 0.3 is 6.72 Å². The van der Waals surface area contributed by atoms with Gasteiger partial charge in [-0.25, -0.2) is 0 Å². The molecule has 2 N–H and O–H groups in total. The SMILES string of the molecule is C/C=c1/ncc(C#N)c(N2CCC(CCOP(O)(O)=S)CC2)c1=CC/C=C(\C)OC. The topological polar surface area (TPSA) is 98.8 Å². The molecule has 1 fully saturated rings. The zero-order chi connectivity index (χ0) is 22.1. The average Bonchev–Trinajstić information content (AvgIpc) is 2.72. The summed E-state index contributed by atoms with van der Waals surface area (Å²) in [7, 11) is 1.65. The second-order valence-electron chi connectivity index (χ2n) is 7.22. The molecule has 1 aromatic rings. The number of aromatic nitrogens is 1. The van der Waals surface area contributed by atoms with Crippen molar-refractivity contribution in [1.82, 2.24) is 4.98 Å². The van der Waals surface area contributed by atoms with Crippen LogP contribution in [-0.2, 0) is 21.1 Å². The van der Waals surface area contributed by atoms with Gasteiger partial charge in [-0.2, -0.15) is 5.26 Å². The third-order valence-electron chi connectivity index (χ3n) is 5.28. The summed E-state index contributed by atoms with van der Waals surface area (Å²) in [5, 5.41) is 11.5. The Kier molecular flexibility index (Phi) is 9.47. The Labute approximate surface area is 183 Å². The van der Waals surface area contributed by atoms with Crippen LogP contribution in [0.2, 0.25) is 0 Å². The highest BCUT2D eigenvalue weighted by atomic mass is 32.5. The van der Waals surface area contributed by atoms with Crippen molar-refractivity contribution < 1.29 is 19.0 Å². The van der Waals surface area contributed by atoms with Gasteiger partial charge in [-0.05, 0) is 63.3 Å². The van der Waals surface area contributed by atoms with E-state index in [1.807, 2.05) is 26.0 Å². The first-order valence-corrected chi connectivity index (χ1v) is 12.6. The molecule has 0 aliphatic carbocycles. The zero-order valence-corrected chi connectivity index (χ0v) is 19.5. The Hall–Kier alpha value is -1.75. The summed E-state index contributed by atoms with van der Waals surface area (Å²) in [6, 6.07) is 2.30. The molecule has 0 amide bonds. The number of pyridine rings is 1. The van der Waals surface area contributed by atoms with E-state index in [2.05, 4.69) is 33.8 Å². The Morgan fingerprint density at radius 2 is 2.13 bits per heavy atom. The molecule has 0 aromatic carbocycles. The maximum Gasteiger partial charge on any atom is 0.321 e. The zero-order valence-electron chi connectivity index (χ0n) is 17.7. The second kappa shape index (κ2) is 11.6. The number of allylic oxidation sites excluding steroid dienone is 2. The van der Waals surface area contributed by atoms with Crippen LogP contribution in [0.4, 0.5) is 5.69 Å². The summed E-state index contributed by atoms with van der Waals surface area (Å²) < 4.78 is 10.2. The lowest BCUT2D eigenvalue weighted by Crippen LogP contribution is -2.41. The van der Waals surface area contributed by atoms with E-state index in [0.29, 0.717) is 17.9 Å². The van der Waals surface area contributed by atoms with Gasteiger partial charge in [-0.1, -0.05) is 12.2 Å². The van der Waals surface area contributed by atoms with Crippen molar-refractivity contribution in [3.63, 3.8) is 0 Å². The van der Waals surface area contributed by atoms with Crippen molar-refractivity contribution in [1.29, 1.82) is 5.26 Å². The Bertz CT molecular complexity index is 960. The van der Waals surface area contributed by atoms with Crippen molar-refractivity contribution in [2.45, 2.75) is 39.5 Å². The third kappa shape index (κ3) is 7.19. The van der Waals surface area contributed by atoms with Crippen LogP contribution < -0.4 is 15.5 Å². The lowest BCUT2D eigenvalue weighted by atomic mass is 9.93. The van der Waals surface area contributed by atoms with Crippen molar-refractivity contribution >= 4 is 36.4 Å². The minimum atomic E-state index is -3.58. The highest BCUT2D eigenvalue weighted by Gasteiger charge is 2.23. The predicted octanol–water partition coefficient (Wildman–Crippen LogP) is 2.31. The third-order valence-corrected chi connectivity index (χ3v) is 6.11. The van der Waals surface area contributed by atoms with E-state index in [1.54, 1.807) is 13.3 Å². The molecule has 164 valence electrons. The van der Waals surface area contributed by atoms with Crippen LogP contribution in [0.1, 0.15) is 45.1 Å². The van der Waals surface area contributed by atoms with Gasteiger partial charge in [0.1, 0.15) is 6.07 Å². The van der Waals surface area contributed by atoms with Crippen LogP contribution in [0.5, 0.6) is 0 Å². The maximum absolute atomic E-state index is 9.69. The fraction of sp³-hybridized carbons (Fsp3) is 0.524. The first-order chi connectivity index (χ1) is 14.3. The fourth-order valence-electron chi connectivity index (χ4n) is 3.59. The van der Waals surface area contributed by atoms with E-state index >= 15 is 0 Å². The first-order valence-electron chi connectivity index (χ1n) is 10.0. The number of rotatable bonds is 8. The summed E-state index contributed by atoms with van der Waals surface area (Å²) >= 11 is 4.50. The van der Waals surface area contributed by atoms with E-state index in [-0.39, 0.29) is 6.61 Å². The van der Waals surface area contributed by atoms with Crippen LogP contribution >= 0.6 is 6.72 Å². The summed E-state index contributed by atoms with van der Waals surface area (Å²) in [4.78, 5) is 25.1. The maximum atomic E-state index is 9.69. The molecule has 1 aliphatic rings. The normalized spacial score (nSPS) is 17.3. The predicted molar refractivity (Wildman–Crippen MR) is 122 cm³/mol. The molecular formula is C21H30N3O4PS. The van der Waals surface area contributed by atoms with Gasteiger partial charge in [-0.3, -0.25) is 4.98 Å². The van der Waals surface area contributed by atoms with E-state index in [0.717, 1.165) is 54.4 Å².